The van der Waals surface area contributed by atoms with Crippen LogP contribution in [0.25, 0.3) is 0 Å². The molecule has 2 aliphatic heterocycles. The van der Waals surface area contributed by atoms with E-state index in [0.717, 1.165) is 25.8 Å². The van der Waals surface area contributed by atoms with E-state index in [4.69, 9.17) is 0 Å². The number of carbonyl (C=O) groups excluding carboxylic acids is 1. The third-order valence-electron chi connectivity index (χ3n) is 3.89. The molecular formula is C12H22N2O3S. The summed E-state index contributed by atoms with van der Waals surface area (Å²) < 4.78 is 23.8. The van der Waals surface area contributed by atoms with Gasteiger partial charge in [0.2, 0.25) is 5.91 Å². The molecular weight excluding hydrogens is 252 g/mol. The van der Waals surface area contributed by atoms with Crippen LogP contribution >= 0.6 is 0 Å². The van der Waals surface area contributed by atoms with Crippen molar-refractivity contribution in [1.29, 1.82) is 0 Å². The maximum absolute atomic E-state index is 12.2. The molecule has 5 nitrogen and oxygen atoms in total. The van der Waals surface area contributed by atoms with Crippen molar-refractivity contribution < 1.29 is 13.2 Å². The second-order valence-electron chi connectivity index (χ2n) is 5.36. The van der Waals surface area contributed by atoms with Crippen LogP contribution in [0.4, 0.5) is 0 Å². The summed E-state index contributed by atoms with van der Waals surface area (Å²) in [5.41, 5.74) is 0. The van der Waals surface area contributed by atoms with Crippen molar-refractivity contribution in [3.8, 4) is 0 Å². The van der Waals surface area contributed by atoms with Gasteiger partial charge >= 0.3 is 0 Å². The van der Waals surface area contributed by atoms with Crippen LogP contribution in [0, 0.1) is 0 Å². The van der Waals surface area contributed by atoms with Crippen LogP contribution in [-0.4, -0.2) is 56.4 Å². The highest BCUT2D eigenvalue weighted by molar-refractivity contribution is 7.92. The summed E-state index contributed by atoms with van der Waals surface area (Å²) >= 11 is 0. The number of sulfone groups is 1. The third-order valence-corrected chi connectivity index (χ3v) is 6.05. The van der Waals surface area contributed by atoms with Gasteiger partial charge in [0.05, 0.1) is 5.75 Å². The van der Waals surface area contributed by atoms with E-state index in [1.54, 1.807) is 11.9 Å². The molecule has 0 saturated carbocycles. The first-order valence-electron chi connectivity index (χ1n) is 6.70. The predicted octanol–water partition coefficient (Wildman–Crippen LogP) is 0.164. The summed E-state index contributed by atoms with van der Waals surface area (Å²) in [5.74, 6) is -0.0535. The van der Waals surface area contributed by atoms with E-state index in [1.807, 2.05) is 0 Å². The van der Waals surface area contributed by atoms with E-state index >= 15 is 0 Å². The molecule has 18 heavy (non-hydrogen) atoms. The monoisotopic (exact) mass is 274 g/mol. The van der Waals surface area contributed by atoms with Gasteiger partial charge in [0, 0.05) is 19.6 Å². The largest absolute Gasteiger partial charge is 0.343 e. The summed E-state index contributed by atoms with van der Waals surface area (Å²) in [5, 5.41) is 2.53. The molecule has 0 spiro atoms. The molecule has 6 heteroatoms. The zero-order chi connectivity index (χ0) is 13.2. The van der Waals surface area contributed by atoms with Crippen molar-refractivity contribution in [2.24, 2.45) is 0 Å². The summed E-state index contributed by atoms with van der Waals surface area (Å²) in [4.78, 5) is 13.8. The molecule has 0 aromatic rings. The van der Waals surface area contributed by atoms with Crippen LogP contribution < -0.4 is 5.32 Å². The summed E-state index contributed by atoms with van der Waals surface area (Å²) in [6.45, 7) is 1.61. The molecule has 0 aromatic heterocycles. The Morgan fingerprint density at radius 2 is 2.06 bits per heavy atom. The molecule has 1 amide bonds. The predicted molar refractivity (Wildman–Crippen MR) is 70.1 cm³/mol. The third kappa shape index (κ3) is 3.03. The van der Waals surface area contributed by atoms with E-state index in [-0.39, 0.29) is 11.7 Å². The summed E-state index contributed by atoms with van der Waals surface area (Å²) in [6.07, 6.45) is 4.22. The Kier molecular flexibility index (Phi) is 4.27. The maximum Gasteiger partial charge on any atom is 0.240 e. The topological polar surface area (TPSA) is 66.5 Å². The first-order valence-corrected chi connectivity index (χ1v) is 8.42. The minimum Gasteiger partial charge on any atom is -0.343 e. The Morgan fingerprint density at radius 1 is 1.28 bits per heavy atom. The van der Waals surface area contributed by atoms with Gasteiger partial charge in [-0.1, -0.05) is 6.42 Å². The molecule has 0 radical (unpaired) electrons. The van der Waals surface area contributed by atoms with E-state index < -0.39 is 15.1 Å². The second kappa shape index (κ2) is 5.57. The lowest BCUT2D eigenvalue weighted by molar-refractivity contribution is -0.129. The highest BCUT2D eigenvalue weighted by Gasteiger charge is 2.36. The normalized spacial score (nSPS) is 31.2. The molecule has 2 rings (SSSR count). The van der Waals surface area contributed by atoms with Crippen molar-refractivity contribution in [3.63, 3.8) is 0 Å². The second-order valence-corrected chi connectivity index (χ2v) is 7.67. The fourth-order valence-electron chi connectivity index (χ4n) is 2.81. The molecule has 0 bridgehead atoms. The number of rotatable bonds is 3. The lowest BCUT2D eigenvalue weighted by Gasteiger charge is -2.28. The average Bonchev–Trinajstić information content (AvgIpc) is 2.80. The highest BCUT2D eigenvalue weighted by Crippen LogP contribution is 2.21. The SMILES string of the molecule is CN(CC1CCCN1)C(=O)C1CCCCS1(=O)=O. The van der Waals surface area contributed by atoms with Gasteiger partial charge in [-0.2, -0.15) is 0 Å². The van der Waals surface area contributed by atoms with Crippen LogP contribution in [-0.2, 0) is 14.6 Å². The molecule has 2 saturated heterocycles. The van der Waals surface area contributed by atoms with Gasteiger partial charge in [0.15, 0.2) is 9.84 Å². The van der Waals surface area contributed by atoms with E-state index in [0.29, 0.717) is 25.4 Å². The van der Waals surface area contributed by atoms with E-state index in [9.17, 15) is 13.2 Å². The van der Waals surface area contributed by atoms with Gasteiger partial charge < -0.3 is 10.2 Å². The Bertz CT molecular complexity index is 402. The standard InChI is InChI=1S/C12H22N2O3S/c1-14(9-10-5-4-7-13-10)12(15)11-6-2-3-8-18(11,16)17/h10-11,13H,2-9H2,1H3. The van der Waals surface area contributed by atoms with E-state index in [1.165, 1.54) is 0 Å². The van der Waals surface area contributed by atoms with Crippen LogP contribution in [0.5, 0.6) is 0 Å². The van der Waals surface area contributed by atoms with E-state index in [2.05, 4.69) is 5.32 Å². The number of carbonyl (C=O) groups is 1. The summed E-state index contributed by atoms with van der Waals surface area (Å²) in [7, 11) is -1.50. The molecule has 0 aromatic carbocycles. The number of nitrogens with one attached hydrogen (secondary N) is 1. The Hall–Kier alpha value is -0.620. The van der Waals surface area contributed by atoms with Gasteiger partial charge in [0.1, 0.15) is 5.25 Å². The number of amides is 1. The van der Waals surface area contributed by atoms with Gasteiger partial charge in [0.25, 0.3) is 0 Å². The van der Waals surface area contributed by atoms with Gasteiger partial charge in [-0.25, -0.2) is 8.42 Å². The average molecular weight is 274 g/mol. The molecule has 2 fully saturated rings. The molecule has 104 valence electrons. The zero-order valence-electron chi connectivity index (χ0n) is 10.9. The Morgan fingerprint density at radius 3 is 2.67 bits per heavy atom. The fourth-order valence-corrected chi connectivity index (χ4v) is 4.71. The lowest BCUT2D eigenvalue weighted by atomic mass is 10.1. The molecule has 2 heterocycles. The van der Waals surface area contributed by atoms with Crippen LogP contribution in [0.2, 0.25) is 0 Å². The molecule has 1 N–H and O–H groups in total. The van der Waals surface area contributed by atoms with Crippen LogP contribution in [0.1, 0.15) is 32.1 Å². The van der Waals surface area contributed by atoms with Crippen LogP contribution in [0.15, 0.2) is 0 Å². The van der Waals surface area contributed by atoms with Crippen molar-refractivity contribution >= 4 is 15.7 Å². The quantitative estimate of drug-likeness (QED) is 0.796. The number of nitrogens with zero attached hydrogens (tertiary/aromatic N) is 1. The number of hydrogen-bond donors (Lipinski definition) is 1. The molecule has 2 aliphatic rings. The zero-order valence-corrected chi connectivity index (χ0v) is 11.7. The lowest BCUT2D eigenvalue weighted by Crippen LogP contribution is -2.47. The molecule has 0 aliphatic carbocycles. The molecule has 2 unspecified atom stereocenters. The van der Waals surface area contributed by atoms with Gasteiger partial charge in [-0.05, 0) is 32.2 Å². The minimum atomic E-state index is -3.21. The van der Waals surface area contributed by atoms with Crippen LogP contribution in [0.3, 0.4) is 0 Å². The molecule has 2 atom stereocenters. The van der Waals surface area contributed by atoms with Crippen molar-refractivity contribution in [1.82, 2.24) is 10.2 Å². The smallest absolute Gasteiger partial charge is 0.240 e. The Labute approximate surface area is 109 Å². The minimum absolute atomic E-state index is 0.166. The highest BCUT2D eigenvalue weighted by atomic mass is 32.2. The van der Waals surface area contributed by atoms with Crippen molar-refractivity contribution in [2.75, 3.05) is 25.9 Å². The summed E-state index contributed by atoms with van der Waals surface area (Å²) in [6, 6.07) is 0.324. The van der Waals surface area contributed by atoms with Gasteiger partial charge in [-0.15, -0.1) is 0 Å². The fraction of sp³-hybridized carbons (Fsp3) is 0.917. The van der Waals surface area contributed by atoms with Gasteiger partial charge in [-0.3, -0.25) is 4.79 Å². The van der Waals surface area contributed by atoms with Crippen molar-refractivity contribution in [2.45, 2.75) is 43.4 Å². The number of likely N-dealkylation sites (N-methyl/N-ethyl adjacent to an activating group) is 1. The number of hydrogen-bond acceptors (Lipinski definition) is 4. The maximum atomic E-state index is 12.2. The van der Waals surface area contributed by atoms with Crippen molar-refractivity contribution in [3.05, 3.63) is 0 Å². The first-order chi connectivity index (χ1) is 8.50. The first kappa shape index (κ1) is 13.8. The Balaban J connectivity index is 1.96.